The van der Waals surface area contributed by atoms with Crippen molar-refractivity contribution in [2.24, 2.45) is 0 Å². The molecule has 4 nitrogen and oxygen atoms in total. The molecule has 1 aromatic heterocycles. The molecule has 2 heterocycles. The molecule has 1 fully saturated rings. The number of carboxylic acids is 1. The molecule has 1 aliphatic heterocycles. The van der Waals surface area contributed by atoms with Crippen LogP contribution in [-0.2, 0) is 6.42 Å². The van der Waals surface area contributed by atoms with E-state index in [1.807, 2.05) is 18.7 Å². The summed E-state index contributed by atoms with van der Waals surface area (Å²) in [6.45, 7) is 1.92. The van der Waals surface area contributed by atoms with Crippen LogP contribution in [0.5, 0.6) is 0 Å². The first-order valence-corrected chi connectivity index (χ1v) is 6.48. The van der Waals surface area contributed by atoms with E-state index in [1.165, 1.54) is 12.6 Å². The summed E-state index contributed by atoms with van der Waals surface area (Å²) >= 11 is 1.86. The normalized spacial score (nSPS) is 19.9. The van der Waals surface area contributed by atoms with Gasteiger partial charge in [-0.05, 0) is 25.0 Å². The van der Waals surface area contributed by atoms with E-state index >= 15 is 0 Å². The number of aromatic nitrogens is 2. The molecule has 0 saturated carbocycles. The second-order valence-electron chi connectivity index (χ2n) is 3.75. The van der Waals surface area contributed by atoms with Gasteiger partial charge in [0, 0.05) is 6.20 Å². The average molecular weight is 238 g/mol. The fraction of sp³-hybridized carbons (Fsp3) is 0.545. The third-order valence-corrected chi connectivity index (χ3v) is 4.04. The predicted molar refractivity (Wildman–Crippen MR) is 62.8 cm³/mol. The molecule has 16 heavy (non-hydrogen) atoms. The largest absolute Gasteiger partial charge is 0.478 e. The zero-order valence-electron chi connectivity index (χ0n) is 9.14. The number of aromatic carboxylic acids is 1. The summed E-state index contributed by atoms with van der Waals surface area (Å²) in [7, 11) is 0. The Kier molecular flexibility index (Phi) is 3.43. The van der Waals surface area contributed by atoms with E-state index < -0.39 is 5.97 Å². The summed E-state index contributed by atoms with van der Waals surface area (Å²) < 4.78 is 0. The van der Waals surface area contributed by atoms with Gasteiger partial charge in [-0.2, -0.15) is 11.8 Å². The van der Waals surface area contributed by atoms with Crippen LogP contribution in [0.15, 0.2) is 6.20 Å². The van der Waals surface area contributed by atoms with E-state index in [-0.39, 0.29) is 5.56 Å². The maximum absolute atomic E-state index is 10.9. The fourth-order valence-electron chi connectivity index (χ4n) is 1.82. The Labute approximate surface area is 98.5 Å². The van der Waals surface area contributed by atoms with Crippen molar-refractivity contribution in [3.8, 4) is 0 Å². The summed E-state index contributed by atoms with van der Waals surface area (Å²) in [5.41, 5.74) is 0.874. The Balaban J connectivity index is 2.32. The Morgan fingerprint density at radius 1 is 1.69 bits per heavy atom. The van der Waals surface area contributed by atoms with Crippen LogP contribution in [0.1, 0.15) is 46.9 Å². The molecule has 1 atom stereocenters. The Bertz CT molecular complexity index is 403. The third-order valence-electron chi connectivity index (χ3n) is 2.67. The summed E-state index contributed by atoms with van der Waals surface area (Å²) in [5, 5.41) is 9.32. The molecule has 86 valence electrons. The highest BCUT2D eigenvalue weighted by Crippen LogP contribution is 2.38. The highest BCUT2D eigenvalue weighted by Gasteiger charge is 2.22. The van der Waals surface area contributed by atoms with Gasteiger partial charge < -0.3 is 5.11 Å². The molecule has 1 saturated heterocycles. The van der Waals surface area contributed by atoms with Gasteiger partial charge in [-0.1, -0.05) is 6.92 Å². The number of thioether (sulfide) groups is 1. The standard InChI is InChI=1S/C11H14N2O2S/c1-2-8-7(11(14)15)6-12-10(13-8)9-4-3-5-16-9/h6,9H,2-5H2,1H3,(H,14,15). The minimum atomic E-state index is -0.942. The van der Waals surface area contributed by atoms with Crippen molar-refractivity contribution in [1.82, 2.24) is 9.97 Å². The monoisotopic (exact) mass is 238 g/mol. The number of carbonyl (C=O) groups is 1. The predicted octanol–water partition coefficient (Wildman–Crippen LogP) is 2.31. The molecule has 0 radical (unpaired) electrons. The van der Waals surface area contributed by atoms with Gasteiger partial charge in [0.05, 0.1) is 16.5 Å². The van der Waals surface area contributed by atoms with Crippen LogP contribution in [-0.4, -0.2) is 26.8 Å². The van der Waals surface area contributed by atoms with Crippen molar-refractivity contribution in [2.75, 3.05) is 5.75 Å². The Hall–Kier alpha value is -1.10. The van der Waals surface area contributed by atoms with Gasteiger partial charge in [0.15, 0.2) is 0 Å². The second kappa shape index (κ2) is 4.82. The molecule has 5 heteroatoms. The van der Waals surface area contributed by atoms with Crippen molar-refractivity contribution in [3.05, 3.63) is 23.3 Å². The number of hydrogen-bond donors (Lipinski definition) is 1. The van der Waals surface area contributed by atoms with Crippen LogP contribution in [0.4, 0.5) is 0 Å². The van der Waals surface area contributed by atoms with Crippen molar-refractivity contribution in [1.29, 1.82) is 0 Å². The average Bonchev–Trinajstić information content (AvgIpc) is 2.81. The summed E-state index contributed by atoms with van der Waals surface area (Å²) in [6.07, 6.45) is 4.37. The zero-order valence-corrected chi connectivity index (χ0v) is 9.96. The van der Waals surface area contributed by atoms with E-state index in [1.54, 1.807) is 0 Å². The van der Waals surface area contributed by atoms with E-state index in [4.69, 9.17) is 5.11 Å². The maximum atomic E-state index is 10.9. The molecule has 0 spiro atoms. The summed E-state index contributed by atoms with van der Waals surface area (Å²) in [4.78, 5) is 19.5. The van der Waals surface area contributed by atoms with Gasteiger partial charge in [-0.25, -0.2) is 14.8 Å². The second-order valence-corrected chi connectivity index (χ2v) is 5.06. The highest BCUT2D eigenvalue weighted by atomic mass is 32.2. The fourth-order valence-corrected chi connectivity index (χ4v) is 3.03. The molecule has 0 amide bonds. The SMILES string of the molecule is CCc1nc(C2CCCS2)ncc1C(=O)O. The van der Waals surface area contributed by atoms with Crippen LogP contribution < -0.4 is 0 Å². The Morgan fingerprint density at radius 3 is 3.06 bits per heavy atom. The lowest BCUT2D eigenvalue weighted by molar-refractivity contribution is 0.0694. The molecule has 1 unspecified atom stereocenters. The third kappa shape index (κ3) is 2.19. The van der Waals surface area contributed by atoms with Gasteiger partial charge in [0.25, 0.3) is 0 Å². The van der Waals surface area contributed by atoms with E-state index in [0.717, 1.165) is 18.0 Å². The minimum absolute atomic E-state index is 0.231. The molecule has 0 aliphatic carbocycles. The van der Waals surface area contributed by atoms with Crippen molar-refractivity contribution in [2.45, 2.75) is 31.4 Å². The molecule has 1 aliphatic rings. The van der Waals surface area contributed by atoms with Crippen LogP contribution in [0, 0.1) is 0 Å². The van der Waals surface area contributed by atoms with Crippen LogP contribution in [0.2, 0.25) is 0 Å². The highest BCUT2D eigenvalue weighted by molar-refractivity contribution is 7.99. The summed E-state index contributed by atoms with van der Waals surface area (Å²) in [6, 6.07) is 0. The molecule has 1 N–H and O–H groups in total. The molecular formula is C11H14N2O2S. The summed E-state index contributed by atoms with van der Waals surface area (Å²) in [5.74, 6) is 1.00. The topological polar surface area (TPSA) is 63.1 Å². The Morgan fingerprint density at radius 2 is 2.50 bits per heavy atom. The smallest absolute Gasteiger partial charge is 0.339 e. The molecule has 0 aromatic carbocycles. The molecular weight excluding hydrogens is 224 g/mol. The van der Waals surface area contributed by atoms with Gasteiger partial charge in [-0.15, -0.1) is 0 Å². The quantitative estimate of drug-likeness (QED) is 0.875. The van der Waals surface area contributed by atoms with Crippen molar-refractivity contribution >= 4 is 17.7 Å². The van der Waals surface area contributed by atoms with Gasteiger partial charge in [0.2, 0.25) is 0 Å². The first-order valence-electron chi connectivity index (χ1n) is 5.43. The molecule has 1 aromatic rings. The lowest BCUT2D eigenvalue weighted by Crippen LogP contribution is -2.09. The van der Waals surface area contributed by atoms with E-state index in [2.05, 4.69) is 9.97 Å². The van der Waals surface area contributed by atoms with Crippen molar-refractivity contribution in [3.63, 3.8) is 0 Å². The van der Waals surface area contributed by atoms with Gasteiger partial charge in [-0.3, -0.25) is 0 Å². The van der Waals surface area contributed by atoms with E-state index in [0.29, 0.717) is 17.4 Å². The van der Waals surface area contributed by atoms with Crippen LogP contribution >= 0.6 is 11.8 Å². The number of nitrogens with zero attached hydrogens (tertiary/aromatic N) is 2. The van der Waals surface area contributed by atoms with Crippen molar-refractivity contribution < 1.29 is 9.90 Å². The van der Waals surface area contributed by atoms with Crippen LogP contribution in [0.3, 0.4) is 0 Å². The number of aryl methyl sites for hydroxylation is 1. The van der Waals surface area contributed by atoms with E-state index in [9.17, 15) is 4.79 Å². The maximum Gasteiger partial charge on any atom is 0.339 e. The lowest BCUT2D eigenvalue weighted by Gasteiger charge is -2.09. The van der Waals surface area contributed by atoms with Crippen LogP contribution in [0.25, 0.3) is 0 Å². The number of rotatable bonds is 3. The molecule has 0 bridgehead atoms. The first-order chi connectivity index (χ1) is 7.72. The number of carboxylic acid groups (broad SMARTS) is 1. The lowest BCUT2D eigenvalue weighted by atomic mass is 10.1. The van der Waals surface area contributed by atoms with Gasteiger partial charge >= 0.3 is 5.97 Å². The number of hydrogen-bond acceptors (Lipinski definition) is 4. The minimum Gasteiger partial charge on any atom is -0.478 e. The zero-order chi connectivity index (χ0) is 11.5. The molecule has 2 rings (SSSR count). The first kappa shape index (κ1) is 11.4. The van der Waals surface area contributed by atoms with Gasteiger partial charge in [0.1, 0.15) is 5.82 Å².